The molecule has 1 fully saturated rings. The van der Waals surface area contributed by atoms with Crippen molar-refractivity contribution in [2.24, 2.45) is 0 Å². The first-order valence-electron chi connectivity index (χ1n) is 7.04. The van der Waals surface area contributed by atoms with Crippen LogP contribution in [0.1, 0.15) is 32.3 Å². The summed E-state index contributed by atoms with van der Waals surface area (Å²) in [5, 5.41) is 2.66. The van der Waals surface area contributed by atoms with Crippen LogP contribution in [0.4, 0.5) is 4.39 Å². The lowest BCUT2D eigenvalue weighted by Gasteiger charge is -2.27. The molecule has 0 aliphatic carbocycles. The summed E-state index contributed by atoms with van der Waals surface area (Å²) in [7, 11) is 0. The Bertz CT molecular complexity index is 607. The van der Waals surface area contributed by atoms with Crippen molar-refractivity contribution in [2.75, 3.05) is 0 Å². The van der Waals surface area contributed by atoms with Crippen molar-refractivity contribution in [3.8, 4) is 0 Å². The SMILES string of the molecule is CC(C)N1C(=O)CC[C@H]1C(=O)NCc1ccc(F)c(Cl)c1Cl. The number of amides is 2. The second-order valence-electron chi connectivity index (χ2n) is 5.50. The summed E-state index contributed by atoms with van der Waals surface area (Å²) in [4.78, 5) is 25.7. The Labute approximate surface area is 138 Å². The molecule has 1 aromatic carbocycles. The fourth-order valence-corrected chi connectivity index (χ4v) is 3.01. The third-order valence-corrected chi connectivity index (χ3v) is 4.58. The molecule has 1 aromatic rings. The second-order valence-corrected chi connectivity index (χ2v) is 6.26. The van der Waals surface area contributed by atoms with Gasteiger partial charge in [-0.3, -0.25) is 9.59 Å². The zero-order chi connectivity index (χ0) is 16.4. The molecule has 0 bridgehead atoms. The van der Waals surface area contributed by atoms with Crippen molar-refractivity contribution >= 4 is 35.0 Å². The van der Waals surface area contributed by atoms with Gasteiger partial charge in [-0.25, -0.2) is 4.39 Å². The van der Waals surface area contributed by atoms with Crippen molar-refractivity contribution < 1.29 is 14.0 Å². The van der Waals surface area contributed by atoms with E-state index in [4.69, 9.17) is 23.2 Å². The van der Waals surface area contributed by atoms with E-state index in [-0.39, 0.29) is 34.4 Å². The van der Waals surface area contributed by atoms with E-state index in [2.05, 4.69) is 5.32 Å². The van der Waals surface area contributed by atoms with E-state index in [1.807, 2.05) is 13.8 Å². The van der Waals surface area contributed by atoms with Crippen LogP contribution in [0.15, 0.2) is 12.1 Å². The average Bonchev–Trinajstić information content (AvgIpc) is 2.86. The first kappa shape index (κ1) is 17.0. The molecule has 2 amide bonds. The van der Waals surface area contributed by atoms with E-state index >= 15 is 0 Å². The van der Waals surface area contributed by atoms with Crippen LogP contribution in [0, 0.1) is 5.82 Å². The van der Waals surface area contributed by atoms with Gasteiger partial charge in [-0.05, 0) is 31.9 Å². The van der Waals surface area contributed by atoms with Crippen LogP contribution >= 0.6 is 23.2 Å². The second kappa shape index (κ2) is 6.84. The fraction of sp³-hybridized carbons (Fsp3) is 0.467. The summed E-state index contributed by atoms with van der Waals surface area (Å²) in [6, 6.07) is 2.18. The smallest absolute Gasteiger partial charge is 0.243 e. The lowest BCUT2D eigenvalue weighted by atomic mass is 10.1. The number of hydrogen-bond acceptors (Lipinski definition) is 2. The standard InChI is InChI=1S/C15H17Cl2FN2O2/c1-8(2)20-11(5-6-12(20)21)15(22)19-7-9-3-4-10(18)14(17)13(9)16/h3-4,8,11H,5-7H2,1-2H3,(H,19,22)/t11-/m0/s1. The van der Waals surface area contributed by atoms with Gasteiger partial charge in [-0.15, -0.1) is 0 Å². The number of benzene rings is 1. The molecule has 0 radical (unpaired) electrons. The summed E-state index contributed by atoms with van der Waals surface area (Å²) in [5.74, 6) is -0.858. The van der Waals surface area contributed by atoms with Crippen LogP contribution in [-0.2, 0) is 16.1 Å². The van der Waals surface area contributed by atoms with Crippen molar-refractivity contribution in [1.82, 2.24) is 10.2 Å². The van der Waals surface area contributed by atoms with Gasteiger partial charge in [-0.2, -0.15) is 0 Å². The average molecular weight is 347 g/mol. The van der Waals surface area contributed by atoms with Crippen LogP contribution < -0.4 is 5.32 Å². The van der Waals surface area contributed by atoms with Crippen LogP contribution in [-0.4, -0.2) is 28.8 Å². The zero-order valence-corrected chi connectivity index (χ0v) is 13.8. The summed E-state index contributed by atoms with van der Waals surface area (Å²) in [5.41, 5.74) is 0.529. The summed E-state index contributed by atoms with van der Waals surface area (Å²) in [6.07, 6.45) is 0.875. The molecular formula is C15H17Cl2FN2O2. The van der Waals surface area contributed by atoms with Crippen molar-refractivity contribution in [1.29, 1.82) is 0 Å². The highest BCUT2D eigenvalue weighted by Crippen LogP contribution is 2.28. The lowest BCUT2D eigenvalue weighted by Crippen LogP contribution is -2.47. The van der Waals surface area contributed by atoms with Gasteiger partial charge in [-0.1, -0.05) is 29.3 Å². The van der Waals surface area contributed by atoms with Gasteiger partial charge in [0.1, 0.15) is 11.9 Å². The highest BCUT2D eigenvalue weighted by Gasteiger charge is 2.37. The van der Waals surface area contributed by atoms with Gasteiger partial charge in [0.15, 0.2) is 0 Å². The van der Waals surface area contributed by atoms with Gasteiger partial charge >= 0.3 is 0 Å². The minimum atomic E-state index is -0.603. The molecule has 0 saturated carbocycles. The third kappa shape index (κ3) is 3.36. The highest BCUT2D eigenvalue weighted by atomic mass is 35.5. The van der Waals surface area contributed by atoms with Gasteiger partial charge in [0, 0.05) is 19.0 Å². The quantitative estimate of drug-likeness (QED) is 0.851. The van der Waals surface area contributed by atoms with E-state index in [0.717, 1.165) is 0 Å². The molecule has 22 heavy (non-hydrogen) atoms. The van der Waals surface area contributed by atoms with E-state index in [1.54, 1.807) is 4.90 Å². The van der Waals surface area contributed by atoms with Crippen LogP contribution in [0.2, 0.25) is 10.0 Å². The van der Waals surface area contributed by atoms with Gasteiger partial charge in [0.2, 0.25) is 11.8 Å². The normalized spacial score (nSPS) is 18.2. The Kier molecular flexibility index (Phi) is 5.29. The minimum absolute atomic E-state index is 0.0157. The fourth-order valence-electron chi connectivity index (χ4n) is 2.61. The minimum Gasteiger partial charge on any atom is -0.350 e. The predicted octanol–water partition coefficient (Wildman–Crippen LogP) is 3.15. The molecule has 120 valence electrons. The molecule has 4 nitrogen and oxygen atoms in total. The van der Waals surface area contributed by atoms with Crippen LogP contribution in [0.5, 0.6) is 0 Å². The first-order valence-corrected chi connectivity index (χ1v) is 7.79. The third-order valence-electron chi connectivity index (χ3n) is 3.68. The molecule has 2 rings (SSSR count). The number of carbonyl (C=O) groups excluding carboxylic acids is 2. The molecule has 0 aromatic heterocycles. The molecule has 7 heteroatoms. The van der Waals surface area contributed by atoms with Gasteiger partial charge in [0.05, 0.1) is 10.0 Å². The summed E-state index contributed by atoms with van der Waals surface area (Å²) >= 11 is 11.7. The van der Waals surface area contributed by atoms with Crippen molar-refractivity contribution in [3.05, 3.63) is 33.6 Å². The zero-order valence-electron chi connectivity index (χ0n) is 12.3. The number of likely N-dealkylation sites (tertiary alicyclic amines) is 1. The first-order chi connectivity index (χ1) is 10.3. The van der Waals surface area contributed by atoms with E-state index in [0.29, 0.717) is 18.4 Å². The lowest BCUT2D eigenvalue weighted by molar-refractivity contribution is -0.137. The topological polar surface area (TPSA) is 49.4 Å². The highest BCUT2D eigenvalue weighted by molar-refractivity contribution is 6.42. The Morgan fingerprint density at radius 2 is 2.09 bits per heavy atom. The molecule has 1 aliphatic rings. The molecule has 1 heterocycles. The Balaban J connectivity index is 2.04. The maximum atomic E-state index is 13.2. The maximum Gasteiger partial charge on any atom is 0.243 e. The Morgan fingerprint density at radius 3 is 2.73 bits per heavy atom. The van der Waals surface area contributed by atoms with Crippen molar-refractivity contribution in [3.63, 3.8) is 0 Å². The number of carbonyl (C=O) groups is 2. The summed E-state index contributed by atoms with van der Waals surface area (Å²) < 4.78 is 13.2. The molecule has 1 aliphatic heterocycles. The maximum absolute atomic E-state index is 13.2. The molecule has 1 N–H and O–H groups in total. The Morgan fingerprint density at radius 1 is 1.41 bits per heavy atom. The molecule has 0 spiro atoms. The number of nitrogens with one attached hydrogen (secondary N) is 1. The largest absolute Gasteiger partial charge is 0.350 e. The number of hydrogen-bond donors (Lipinski definition) is 1. The van der Waals surface area contributed by atoms with E-state index in [9.17, 15) is 14.0 Å². The van der Waals surface area contributed by atoms with Gasteiger partial charge in [0.25, 0.3) is 0 Å². The van der Waals surface area contributed by atoms with Crippen LogP contribution in [0.25, 0.3) is 0 Å². The number of nitrogens with zero attached hydrogens (tertiary/aromatic N) is 1. The van der Waals surface area contributed by atoms with Crippen molar-refractivity contribution in [2.45, 2.75) is 45.3 Å². The van der Waals surface area contributed by atoms with Gasteiger partial charge < -0.3 is 10.2 Å². The monoisotopic (exact) mass is 346 g/mol. The Hall–Kier alpha value is -1.33. The van der Waals surface area contributed by atoms with E-state index in [1.165, 1.54) is 12.1 Å². The number of halogens is 3. The number of rotatable bonds is 4. The molecule has 1 atom stereocenters. The molecular weight excluding hydrogens is 330 g/mol. The molecule has 0 unspecified atom stereocenters. The van der Waals surface area contributed by atoms with E-state index < -0.39 is 11.9 Å². The molecule has 1 saturated heterocycles. The predicted molar refractivity (Wildman–Crippen MR) is 83.3 cm³/mol. The summed E-state index contributed by atoms with van der Waals surface area (Å²) in [6.45, 7) is 3.88. The van der Waals surface area contributed by atoms with Crippen LogP contribution in [0.3, 0.4) is 0 Å².